The first-order valence-electron chi connectivity index (χ1n) is 11.4. The molecule has 0 aromatic heterocycles. The van der Waals surface area contributed by atoms with Crippen molar-refractivity contribution in [1.82, 2.24) is 4.90 Å². The lowest BCUT2D eigenvalue weighted by Gasteiger charge is -2.30. The lowest BCUT2D eigenvalue weighted by molar-refractivity contribution is 0.0949. The number of aryl methyl sites for hydroxylation is 1. The van der Waals surface area contributed by atoms with Gasteiger partial charge in [0.15, 0.2) is 17.3 Å². The van der Waals surface area contributed by atoms with Crippen molar-refractivity contribution in [2.45, 2.75) is 19.9 Å². The van der Waals surface area contributed by atoms with Gasteiger partial charge in [0.2, 0.25) is 5.78 Å². The number of methoxy groups -OCH3 is 2. The van der Waals surface area contributed by atoms with Crippen LogP contribution in [0.4, 0.5) is 4.39 Å². The SMILES string of the molecule is COc1cccc(/C=C2/Oc3c4c(cc(C)c3C2=O)OCN(CCc2ccc(F)cc2)C4)c1OC. The molecule has 3 aromatic carbocycles. The highest BCUT2D eigenvalue weighted by Gasteiger charge is 2.35. The van der Waals surface area contributed by atoms with E-state index in [0.717, 1.165) is 35.4 Å². The predicted molar refractivity (Wildman–Crippen MR) is 130 cm³/mol. The van der Waals surface area contributed by atoms with Crippen molar-refractivity contribution < 1.29 is 28.1 Å². The van der Waals surface area contributed by atoms with Crippen LogP contribution in [0.5, 0.6) is 23.0 Å². The van der Waals surface area contributed by atoms with Crippen LogP contribution in [-0.4, -0.2) is 38.2 Å². The minimum atomic E-state index is -0.243. The number of hydrogen-bond donors (Lipinski definition) is 0. The fraction of sp³-hybridized carbons (Fsp3) is 0.250. The standard InChI is InChI=1S/C28H26FNO5/c1-17-13-23-21(15-30(16-34-23)12-11-18-7-9-20(29)10-8-18)28-25(17)26(31)24(35-28)14-19-5-4-6-22(32-2)27(19)33-3/h4-10,13-14H,11-12,15-16H2,1-3H3/b24-14+. The summed E-state index contributed by atoms with van der Waals surface area (Å²) in [5.74, 6) is 2.19. The van der Waals surface area contributed by atoms with E-state index in [1.54, 1.807) is 38.5 Å². The molecule has 180 valence electrons. The van der Waals surface area contributed by atoms with Gasteiger partial charge in [0.1, 0.15) is 24.0 Å². The molecule has 3 aromatic rings. The van der Waals surface area contributed by atoms with Crippen LogP contribution >= 0.6 is 0 Å². The third kappa shape index (κ3) is 4.35. The molecule has 2 heterocycles. The van der Waals surface area contributed by atoms with Crippen molar-refractivity contribution in [1.29, 1.82) is 0 Å². The van der Waals surface area contributed by atoms with Crippen LogP contribution in [0.25, 0.3) is 6.08 Å². The summed E-state index contributed by atoms with van der Waals surface area (Å²) in [7, 11) is 3.13. The smallest absolute Gasteiger partial charge is 0.232 e. The zero-order valence-corrected chi connectivity index (χ0v) is 19.9. The third-order valence-corrected chi connectivity index (χ3v) is 6.34. The number of nitrogens with zero attached hydrogens (tertiary/aromatic N) is 1. The van der Waals surface area contributed by atoms with E-state index in [4.69, 9.17) is 18.9 Å². The number of ketones is 1. The Bertz CT molecular complexity index is 1320. The van der Waals surface area contributed by atoms with Gasteiger partial charge in [0, 0.05) is 18.7 Å². The second kappa shape index (κ2) is 9.43. The Morgan fingerprint density at radius 3 is 2.66 bits per heavy atom. The molecule has 0 fully saturated rings. The average Bonchev–Trinajstić information content (AvgIpc) is 3.20. The van der Waals surface area contributed by atoms with E-state index in [2.05, 4.69) is 4.90 Å². The molecule has 0 amide bonds. The van der Waals surface area contributed by atoms with Crippen molar-refractivity contribution in [2.24, 2.45) is 0 Å². The zero-order chi connectivity index (χ0) is 24.5. The minimum Gasteiger partial charge on any atom is -0.493 e. The topological polar surface area (TPSA) is 57.2 Å². The van der Waals surface area contributed by atoms with E-state index in [-0.39, 0.29) is 17.4 Å². The van der Waals surface area contributed by atoms with Crippen LogP contribution in [0.15, 0.2) is 54.3 Å². The number of allylic oxidation sites excluding steroid dienone is 1. The van der Waals surface area contributed by atoms with Crippen molar-refractivity contribution in [3.05, 3.63) is 87.9 Å². The highest BCUT2D eigenvalue weighted by molar-refractivity contribution is 6.16. The largest absolute Gasteiger partial charge is 0.493 e. The maximum absolute atomic E-state index is 13.3. The molecule has 7 heteroatoms. The number of fused-ring (bicyclic) bond motifs is 3. The Labute approximate surface area is 203 Å². The number of Topliss-reactive ketones (excluding diaryl/α,β-unsaturated/α-hetero) is 1. The lowest BCUT2D eigenvalue weighted by atomic mass is 9.98. The van der Waals surface area contributed by atoms with Crippen molar-refractivity contribution in [2.75, 3.05) is 27.5 Å². The Morgan fingerprint density at radius 1 is 1.11 bits per heavy atom. The molecule has 0 atom stereocenters. The summed E-state index contributed by atoms with van der Waals surface area (Å²) in [6.45, 7) is 3.64. The summed E-state index contributed by atoms with van der Waals surface area (Å²) in [4.78, 5) is 15.5. The van der Waals surface area contributed by atoms with E-state index < -0.39 is 0 Å². The normalized spacial score (nSPS) is 15.9. The monoisotopic (exact) mass is 475 g/mol. The van der Waals surface area contributed by atoms with E-state index in [0.29, 0.717) is 41.7 Å². The van der Waals surface area contributed by atoms with Crippen molar-refractivity contribution >= 4 is 11.9 Å². The van der Waals surface area contributed by atoms with Crippen LogP contribution in [0, 0.1) is 12.7 Å². The number of para-hydroxylation sites is 1. The van der Waals surface area contributed by atoms with Gasteiger partial charge in [-0.05, 0) is 54.8 Å². The summed E-state index contributed by atoms with van der Waals surface area (Å²) in [6, 6.07) is 13.9. The van der Waals surface area contributed by atoms with Crippen LogP contribution in [0.2, 0.25) is 0 Å². The van der Waals surface area contributed by atoms with E-state index >= 15 is 0 Å². The van der Waals surface area contributed by atoms with Crippen molar-refractivity contribution in [3.8, 4) is 23.0 Å². The maximum atomic E-state index is 13.3. The van der Waals surface area contributed by atoms with Gasteiger partial charge >= 0.3 is 0 Å². The Kier molecular flexibility index (Phi) is 6.17. The summed E-state index contributed by atoms with van der Waals surface area (Å²) >= 11 is 0. The zero-order valence-electron chi connectivity index (χ0n) is 19.9. The number of halogens is 1. The van der Waals surface area contributed by atoms with Gasteiger partial charge in [-0.2, -0.15) is 0 Å². The van der Waals surface area contributed by atoms with Gasteiger partial charge in [-0.3, -0.25) is 9.69 Å². The molecule has 0 N–H and O–H groups in total. The van der Waals surface area contributed by atoms with E-state index in [9.17, 15) is 9.18 Å². The molecule has 0 aliphatic carbocycles. The first-order chi connectivity index (χ1) is 17.0. The fourth-order valence-electron chi connectivity index (χ4n) is 4.52. The van der Waals surface area contributed by atoms with E-state index in [1.165, 1.54) is 12.1 Å². The maximum Gasteiger partial charge on any atom is 0.232 e. The summed E-state index contributed by atoms with van der Waals surface area (Å²) in [5, 5.41) is 0. The van der Waals surface area contributed by atoms with Crippen LogP contribution in [0.1, 0.15) is 32.6 Å². The number of benzene rings is 3. The van der Waals surface area contributed by atoms with Gasteiger partial charge in [-0.15, -0.1) is 0 Å². The van der Waals surface area contributed by atoms with Crippen LogP contribution in [-0.2, 0) is 13.0 Å². The number of rotatable bonds is 6. The molecule has 0 bridgehead atoms. The van der Waals surface area contributed by atoms with E-state index in [1.807, 2.05) is 25.1 Å². The molecule has 0 unspecified atom stereocenters. The lowest BCUT2D eigenvalue weighted by Crippen LogP contribution is -2.33. The molecule has 0 radical (unpaired) electrons. The van der Waals surface area contributed by atoms with Gasteiger partial charge in [-0.1, -0.05) is 24.3 Å². The minimum absolute atomic E-state index is 0.173. The summed E-state index contributed by atoms with van der Waals surface area (Å²) in [6.07, 6.45) is 2.44. The first-order valence-corrected chi connectivity index (χ1v) is 11.4. The van der Waals surface area contributed by atoms with Crippen molar-refractivity contribution in [3.63, 3.8) is 0 Å². The number of hydrogen-bond acceptors (Lipinski definition) is 6. The molecule has 5 rings (SSSR count). The Morgan fingerprint density at radius 2 is 1.91 bits per heavy atom. The Hall–Kier alpha value is -3.84. The fourth-order valence-corrected chi connectivity index (χ4v) is 4.52. The van der Waals surface area contributed by atoms with Crippen LogP contribution in [0.3, 0.4) is 0 Å². The molecule has 35 heavy (non-hydrogen) atoms. The molecule has 2 aliphatic rings. The number of ether oxygens (including phenoxy) is 4. The van der Waals surface area contributed by atoms with Gasteiger partial charge in [-0.25, -0.2) is 4.39 Å². The highest BCUT2D eigenvalue weighted by Crippen LogP contribution is 2.44. The summed E-state index contributed by atoms with van der Waals surface area (Å²) < 4.78 is 36.3. The third-order valence-electron chi connectivity index (χ3n) is 6.34. The quantitative estimate of drug-likeness (QED) is 0.459. The molecule has 0 spiro atoms. The average molecular weight is 476 g/mol. The summed E-state index contributed by atoms with van der Waals surface area (Å²) in [5.41, 5.74) is 3.96. The number of carbonyl (C=O) groups excluding carboxylic acids is 1. The van der Waals surface area contributed by atoms with Gasteiger partial charge in [0.05, 0.1) is 25.3 Å². The van der Waals surface area contributed by atoms with Crippen LogP contribution < -0.4 is 18.9 Å². The second-order valence-corrected chi connectivity index (χ2v) is 8.60. The predicted octanol–water partition coefficient (Wildman–Crippen LogP) is 5.16. The molecular weight excluding hydrogens is 449 g/mol. The Balaban J connectivity index is 1.42. The highest BCUT2D eigenvalue weighted by atomic mass is 19.1. The molecule has 6 nitrogen and oxygen atoms in total. The molecule has 2 aliphatic heterocycles. The molecular formula is C28H26FNO5. The van der Waals surface area contributed by atoms with Gasteiger partial charge < -0.3 is 18.9 Å². The molecule has 0 saturated carbocycles. The second-order valence-electron chi connectivity index (χ2n) is 8.60. The molecule has 0 saturated heterocycles. The number of carbonyl (C=O) groups is 1. The first kappa shape index (κ1) is 22.9. The van der Waals surface area contributed by atoms with Gasteiger partial charge in [0.25, 0.3) is 0 Å².